The monoisotopic (exact) mass is 345 g/mol. The van der Waals surface area contributed by atoms with Gasteiger partial charge in [-0.3, -0.25) is 9.48 Å². The number of rotatable bonds is 8. The van der Waals surface area contributed by atoms with Crippen molar-refractivity contribution in [2.75, 3.05) is 13.2 Å². The highest BCUT2D eigenvalue weighted by Gasteiger charge is 2.18. The topological polar surface area (TPSA) is 78.6 Å². The molecule has 0 unspecified atom stereocenters. The minimum absolute atomic E-state index is 0.0929. The molecule has 0 radical (unpaired) electrons. The summed E-state index contributed by atoms with van der Waals surface area (Å²) in [6, 6.07) is 7.46. The van der Waals surface area contributed by atoms with Crippen LogP contribution in [0.5, 0.6) is 0 Å². The highest BCUT2D eigenvalue weighted by atomic mass is 16.3. The smallest absolute Gasteiger partial charge is 0.254 e. The van der Waals surface area contributed by atoms with E-state index in [0.717, 1.165) is 11.1 Å². The molecule has 0 aliphatic carbocycles. The maximum Gasteiger partial charge on any atom is 0.254 e. The van der Waals surface area contributed by atoms with Crippen molar-refractivity contribution in [3.8, 4) is 0 Å². The van der Waals surface area contributed by atoms with Gasteiger partial charge in [-0.05, 0) is 44.4 Å². The maximum atomic E-state index is 12.8. The predicted molar refractivity (Wildman–Crippen MR) is 96.1 cm³/mol. The number of hydrogen-bond donors (Lipinski definition) is 2. The normalized spacial score (nSPS) is 11.6. The Morgan fingerprint density at radius 1 is 1.32 bits per heavy atom. The van der Waals surface area contributed by atoms with E-state index in [1.165, 1.54) is 0 Å². The van der Waals surface area contributed by atoms with E-state index in [1.54, 1.807) is 35.7 Å². The highest BCUT2D eigenvalue weighted by Crippen LogP contribution is 2.16. The second-order valence-electron chi connectivity index (χ2n) is 6.99. The molecule has 25 heavy (non-hydrogen) atoms. The van der Waals surface area contributed by atoms with Crippen molar-refractivity contribution in [1.29, 1.82) is 0 Å². The SMILES string of the molecule is Cn1cc(CN(CCO)C(=O)c2cccc(CCC(C)(C)O)c2)cn1. The summed E-state index contributed by atoms with van der Waals surface area (Å²) in [5.74, 6) is -0.122. The molecule has 2 aromatic rings. The molecule has 0 fully saturated rings. The summed E-state index contributed by atoms with van der Waals surface area (Å²) in [6.45, 7) is 4.13. The van der Waals surface area contributed by atoms with Gasteiger partial charge in [-0.25, -0.2) is 0 Å². The van der Waals surface area contributed by atoms with E-state index in [1.807, 2.05) is 31.4 Å². The lowest BCUT2D eigenvalue weighted by Gasteiger charge is -2.22. The summed E-state index contributed by atoms with van der Waals surface area (Å²) < 4.78 is 1.69. The maximum absolute atomic E-state index is 12.8. The number of amides is 1. The summed E-state index contributed by atoms with van der Waals surface area (Å²) in [4.78, 5) is 14.5. The zero-order valence-electron chi connectivity index (χ0n) is 15.1. The van der Waals surface area contributed by atoms with Crippen molar-refractivity contribution in [3.63, 3.8) is 0 Å². The third kappa shape index (κ3) is 5.99. The van der Waals surface area contributed by atoms with Gasteiger partial charge < -0.3 is 15.1 Å². The van der Waals surface area contributed by atoms with Crippen LogP contribution in [0.4, 0.5) is 0 Å². The van der Waals surface area contributed by atoms with Crippen LogP contribution in [0.1, 0.15) is 41.8 Å². The summed E-state index contributed by atoms with van der Waals surface area (Å²) >= 11 is 0. The molecule has 0 saturated heterocycles. The number of aliphatic hydroxyl groups is 2. The van der Waals surface area contributed by atoms with E-state index < -0.39 is 5.60 Å². The molecule has 1 heterocycles. The number of nitrogens with zero attached hydrogens (tertiary/aromatic N) is 3. The van der Waals surface area contributed by atoms with Gasteiger partial charge in [0.15, 0.2) is 0 Å². The number of carbonyl (C=O) groups is 1. The molecule has 0 aliphatic rings. The fraction of sp³-hybridized carbons (Fsp3) is 0.474. The fourth-order valence-corrected chi connectivity index (χ4v) is 2.64. The summed E-state index contributed by atoms with van der Waals surface area (Å²) in [6.07, 6.45) is 4.91. The minimum Gasteiger partial charge on any atom is -0.395 e. The minimum atomic E-state index is -0.733. The second-order valence-corrected chi connectivity index (χ2v) is 6.99. The molecule has 1 aromatic heterocycles. The van der Waals surface area contributed by atoms with Crippen LogP contribution in [-0.2, 0) is 20.0 Å². The van der Waals surface area contributed by atoms with Crippen LogP contribution < -0.4 is 0 Å². The van der Waals surface area contributed by atoms with Crippen molar-refractivity contribution in [3.05, 3.63) is 53.3 Å². The van der Waals surface area contributed by atoms with Gasteiger partial charge in [0.2, 0.25) is 0 Å². The van der Waals surface area contributed by atoms with Crippen LogP contribution in [0.3, 0.4) is 0 Å². The number of carbonyl (C=O) groups excluding carboxylic acids is 1. The molecule has 1 amide bonds. The highest BCUT2D eigenvalue weighted by molar-refractivity contribution is 5.94. The first-order valence-corrected chi connectivity index (χ1v) is 8.47. The molecule has 2 N–H and O–H groups in total. The Morgan fingerprint density at radius 2 is 2.08 bits per heavy atom. The molecule has 0 atom stereocenters. The van der Waals surface area contributed by atoms with E-state index in [2.05, 4.69) is 5.10 Å². The second kappa shape index (κ2) is 8.27. The van der Waals surface area contributed by atoms with Gasteiger partial charge in [0, 0.05) is 37.5 Å². The summed E-state index contributed by atoms with van der Waals surface area (Å²) in [5, 5.41) is 23.3. The van der Waals surface area contributed by atoms with Gasteiger partial charge in [-0.15, -0.1) is 0 Å². The Morgan fingerprint density at radius 3 is 2.68 bits per heavy atom. The van der Waals surface area contributed by atoms with Crippen LogP contribution in [0.25, 0.3) is 0 Å². The van der Waals surface area contributed by atoms with E-state index in [-0.39, 0.29) is 19.1 Å². The molecule has 0 saturated carbocycles. The van der Waals surface area contributed by atoms with E-state index >= 15 is 0 Å². The number of aromatic nitrogens is 2. The van der Waals surface area contributed by atoms with Crippen molar-refractivity contribution < 1.29 is 15.0 Å². The van der Waals surface area contributed by atoms with Crippen LogP contribution in [0, 0.1) is 0 Å². The number of hydrogen-bond acceptors (Lipinski definition) is 4. The molecule has 6 nitrogen and oxygen atoms in total. The van der Waals surface area contributed by atoms with Crippen molar-refractivity contribution >= 4 is 5.91 Å². The molecule has 0 bridgehead atoms. The molecule has 6 heteroatoms. The largest absolute Gasteiger partial charge is 0.395 e. The van der Waals surface area contributed by atoms with Gasteiger partial charge in [0.05, 0.1) is 18.4 Å². The molecule has 0 aliphatic heterocycles. The fourth-order valence-electron chi connectivity index (χ4n) is 2.64. The summed E-state index contributed by atoms with van der Waals surface area (Å²) in [5.41, 5.74) is 1.79. The Hall–Kier alpha value is -2.18. The average Bonchev–Trinajstić information content (AvgIpc) is 2.96. The lowest BCUT2D eigenvalue weighted by molar-refractivity contribution is 0.0707. The summed E-state index contributed by atoms with van der Waals surface area (Å²) in [7, 11) is 1.83. The Bertz CT molecular complexity index is 704. The number of aryl methyl sites for hydroxylation is 2. The predicted octanol–water partition coefficient (Wildman–Crippen LogP) is 1.76. The third-order valence-corrected chi connectivity index (χ3v) is 3.99. The van der Waals surface area contributed by atoms with Crippen molar-refractivity contribution in [1.82, 2.24) is 14.7 Å². The van der Waals surface area contributed by atoms with Crippen molar-refractivity contribution in [2.24, 2.45) is 7.05 Å². The zero-order chi connectivity index (χ0) is 18.4. The number of aliphatic hydroxyl groups excluding tert-OH is 1. The van der Waals surface area contributed by atoms with Crippen molar-refractivity contribution in [2.45, 2.75) is 38.8 Å². The Labute approximate surface area is 148 Å². The van der Waals surface area contributed by atoms with Gasteiger partial charge >= 0.3 is 0 Å². The van der Waals surface area contributed by atoms with Crippen LogP contribution >= 0.6 is 0 Å². The molecule has 0 spiro atoms. The van der Waals surface area contributed by atoms with E-state index in [4.69, 9.17) is 0 Å². The lowest BCUT2D eigenvalue weighted by Crippen LogP contribution is -2.33. The standard InChI is InChI=1S/C19H27N3O3/c1-19(2,25)8-7-15-5-4-6-17(11-15)18(24)22(9-10-23)14-16-12-20-21(3)13-16/h4-6,11-13,23,25H,7-10,14H2,1-3H3. The van der Waals surface area contributed by atoms with Gasteiger partial charge in [0.25, 0.3) is 5.91 Å². The number of benzene rings is 1. The first kappa shape index (κ1) is 19.1. The quantitative estimate of drug-likeness (QED) is 0.764. The molecule has 1 aromatic carbocycles. The zero-order valence-corrected chi connectivity index (χ0v) is 15.1. The Kier molecular flexibility index (Phi) is 6.33. The van der Waals surface area contributed by atoms with E-state index in [0.29, 0.717) is 24.9 Å². The molecular weight excluding hydrogens is 318 g/mol. The molecule has 136 valence electrons. The first-order valence-electron chi connectivity index (χ1n) is 8.47. The lowest BCUT2D eigenvalue weighted by atomic mass is 9.97. The molecular formula is C19H27N3O3. The van der Waals surface area contributed by atoms with Gasteiger partial charge in [-0.2, -0.15) is 5.10 Å². The Balaban J connectivity index is 2.12. The molecule has 2 rings (SSSR count). The van der Waals surface area contributed by atoms with Crippen LogP contribution in [0.2, 0.25) is 0 Å². The van der Waals surface area contributed by atoms with E-state index in [9.17, 15) is 15.0 Å². The first-order chi connectivity index (χ1) is 11.8. The third-order valence-electron chi connectivity index (χ3n) is 3.99. The van der Waals surface area contributed by atoms with Gasteiger partial charge in [-0.1, -0.05) is 12.1 Å². The van der Waals surface area contributed by atoms with Crippen LogP contribution in [0.15, 0.2) is 36.7 Å². The van der Waals surface area contributed by atoms with Gasteiger partial charge in [0.1, 0.15) is 0 Å². The van der Waals surface area contributed by atoms with Crippen LogP contribution in [-0.4, -0.2) is 49.6 Å². The average molecular weight is 345 g/mol.